The molecule has 3 aromatic heterocycles. The summed E-state index contributed by atoms with van der Waals surface area (Å²) < 4.78 is 7.15. The van der Waals surface area contributed by atoms with Gasteiger partial charge in [-0.2, -0.15) is 10.4 Å². The molecule has 0 aliphatic carbocycles. The average Bonchev–Trinajstić information content (AvgIpc) is 3.20. The maximum atomic E-state index is 11.3. The number of nitriles is 1. The van der Waals surface area contributed by atoms with Crippen molar-refractivity contribution in [2.24, 2.45) is 0 Å². The number of hydrogen-bond acceptors (Lipinski definition) is 7. The Morgan fingerprint density at radius 1 is 1.29 bits per heavy atom. The summed E-state index contributed by atoms with van der Waals surface area (Å²) in [6.07, 6.45) is 4.96. The van der Waals surface area contributed by atoms with Crippen LogP contribution < -0.4 is 9.64 Å². The monoisotopic (exact) mass is 420 g/mol. The zero-order chi connectivity index (χ0) is 21.5. The lowest BCUT2D eigenvalue weighted by Crippen LogP contribution is -2.70. The molecule has 3 aromatic rings. The number of amides is 1. The lowest BCUT2D eigenvalue weighted by atomic mass is 9.88. The number of nitrogens with zero attached hydrogens (tertiary/aromatic N) is 6. The molecule has 1 amide bonds. The number of rotatable bonds is 5. The maximum absolute atomic E-state index is 11.3. The first-order valence-electron chi connectivity index (χ1n) is 9.97. The molecule has 2 N–H and O–H groups in total. The molecule has 0 spiro atoms. The molecule has 31 heavy (non-hydrogen) atoms. The first-order valence-corrected chi connectivity index (χ1v) is 9.97. The van der Waals surface area contributed by atoms with Crippen LogP contribution >= 0.6 is 0 Å². The minimum atomic E-state index is -0.856. The highest BCUT2D eigenvalue weighted by molar-refractivity contribution is 5.85. The van der Waals surface area contributed by atoms with E-state index in [0.29, 0.717) is 29.9 Å². The van der Waals surface area contributed by atoms with Gasteiger partial charge >= 0.3 is 6.09 Å². The highest BCUT2D eigenvalue weighted by Crippen LogP contribution is 2.35. The molecule has 0 saturated carbocycles. The maximum Gasteiger partial charge on any atom is 0.407 e. The summed E-state index contributed by atoms with van der Waals surface area (Å²) in [6, 6.07) is 7.84. The molecule has 3 saturated heterocycles. The summed E-state index contributed by atoms with van der Waals surface area (Å²) in [6.45, 7) is 1.30. The topological polar surface area (TPSA) is 127 Å². The number of aromatic nitrogens is 3. The van der Waals surface area contributed by atoms with Crippen LogP contribution in [0.2, 0.25) is 0 Å². The van der Waals surface area contributed by atoms with Crippen molar-refractivity contribution >= 4 is 17.4 Å². The second kappa shape index (κ2) is 7.45. The molecule has 2 atom stereocenters. The summed E-state index contributed by atoms with van der Waals surface area (Å²) >= 11 is 0. The first-order chi connectivity index (χ1) is 15.1. The first kappa shape index (κ1) is 19.1. The van der Waals surface area contributed by atoms with Gasteiger partial charge in [-0.1, -0.05) is 0 Å². The van der Waals surface area contributed by atoms with Crippen molar-refractivity contribution in [3.8, 4) is 22.9 Å². The van der Waals surface area contributed by atoms with Gasteiger partial charge in [0, 0.05) is 30.4 Å². The molecule has 0 aromatic carbocycles. The van der Waals surface area contributed by atoms with Crippen LogP contribution in [0.15, 0.2) is 36.8 Å². The Balaban J connectivity index is 1.45. The van der Waals surface area contributed by atoms with E-state index in [4.69, 9.17) is 9.84 Å². The van der Waals surface area contributed by atoms with Crippen molar-refractivity contribution in [2.45, 2.75) is 18.5 Å². The summed E-state index contributed by atoms with van der Waals surface area (Å²) in [5, 5.41) is 32.1. The fourth-order valence-electron chi connectivity index (χ4n) is 4.48. The predicted octanol–water partition coefficient (Wildman–Crippen LogP) is 1.58. The highest BCUT2D eigenvalue weighted by Gasteiger charge is 2.47. The third-order valence-electron chi connectivity index (χ3n) is 5.86. The van der Waals surface area contributed by atoms with Crippen LogP contribution in [0.3, 0.4) is 0 Å². The zero-order valence-corrected chi connectivity index (χ0v) is 16.5. The minimum Gasteiger partial charge on any atom is -0.490 e. The van der Waals surface area contributed by atoms with Crippen LogP contribution in [0.4, 0.5) is 10.6 Å². The van der Waals surface area contributed by atoms with E-state index in [0.717, 1.165) is 23.4 Å². The number of carbonyl (C=O) groups is 1. The summed E-state index contributed by atoms with van der Waals surface area (Å²) in [5.41, 5.74) is 2.65. The largest absolute Gasteiger partial charge is 0.490 e. The summed E-state index contributed by atoms with van der Waals surface area (Å²) in [5.74, 6) is 1.32. The van der Waals surface area contributed by atoms with E-state index in [-0.39, 0.29) is 25.3 Å². The number of piperidine rings is 1. The number of piperazine rings is 1. The molecule has 10 nitrogen and oxygen atoms in total. The molecule has 3 aliphatic heterocycles. The van der Waals surface area contributed by atoms with Crippen LogP contribution in [-0.4, -0.2) is 74.2 Å². The molecule has 158 valence electrons. The minimum absolute atomic E-state index is 0.0164. The average molecular weight is 420 g/mol. The molecule has 10 heteroatoms. The standard InChI is InChI=1S/C21H20N6O4/c22-7-14-9-24-26-12-17(31-4-3-28)6-18(20(14)26)13-1-2-19(23-8-13)25-10-15-5-16(11-25)27(15)21(29)30/h1-2,6,8-9,12,15-16,28H,3-5,10-11H2,(H,29,30). The van der Waals surface area contributed by atoms with Gasteiger partial charge in [-0.3, -0.25) is 4.90 Å². The summed E-state index contributed by atoms with van der Waals surface area (Å²) in [4.78, 5) is 19.6. The van der Waals surface area contributed by atoms with Crippen LogP contribution in [0.25, 0.3) is 16.6 Å². The molecule has 6 rings (SSSR count). The second-order valence-electron chi connectivity index (χ2n) is 7.67. The van der Waals surface area contributed by atoms with Gasteiger partial charge < -0.3 is 19.8 Å². The van der Waals surface area contributed by atoms with E-state index >= 15 is 0 Å². The Morgan fingerprint density at radius 2 is 2.10 bits per heavy atom. The Morgan fingerprint density at radius 3 is 2.74 bits per heavy atom. The number of ether oxygens (including phenoxy) is 1. The Bertz CT molecular complexity index is 1170. The third kappa shape index (κ3) is 3.19. The van der Waals surface area contributed by atoms with Crippen LogP contribution in [-0.2, 0) is 0 Å². The lowest BCUT2D eigenvalue weighted by molar-refractivity contribution is 0.0112. The van der Waals surface area contributed by atoms with Crippen molar-refractivity contribution in [3.05, 3.63) is 42.4 Å². The lowest BCUT2D eigenvalue weighted by Gasteiger charge is -2.55. The quantitative estimate of drug-likeness (QED) is 0.637. The van der Waals surface area contributed by atoms with Crippen molar-refractivity contribution in [1.82, 2.24) is 19.5 Å². The van der Waals surface area contributed by atoms with Gasteiger partial charge in [-0.15, -0.1) is 0 Å². The Hall–Kier alpha value is -3.84. The van der Waals surface area contributed by atoms with E-state index in [1.165, 1.54) is 11.1 Å². The van der Waals surface area contributed by atoms with Gasteiger partial charge in [-0.25, -0.2) is 14.3 Å². The number of aliphatic hydroxyl groups excluding tert-OH is 1. The predicted molar refractivity (Wildman–Crippen MR) is 110 cm³/mol. The normalized spacial score (nSPS) is 19.7. The Kier molecular flexibility index (Phi) is 4.60. The van der Waals surface area contributed by atoms with E-state index in [9.17, 15) is 15.2 Å². The number of pyridine rings is 2. The molecule has 3 aliphatic rings. The molecule has 2 unspecified atom stereocenters. The fraction of sp³-hybridized carbons (Fsp3) is 0.333. The van der Waals surface area contributed by atoms with Crippen LogP contribution in [0.1, 0.15) is 12.0 Å². The number of carboxylic acid groups (broad SMARTS) is 1. The number of anilines is 1. The smallest absolute Gasteiger partial charge is 0.407 e. The fourth-order valence-corrected chi connectivity index (χ4v) is 4.48. The van der Waals surface area contributed by atoms with Gasteiger partial charge in [-0.05, 0) is 24.6 Å². The van der Waals surface area contributed by atoms with E-state index in [1.807, 2.05) is 18.2 Å². The van der Waals surface area contributed by atoms with Crippen molar-refractivity contribution in [3.63, 3.8) is 0 Å². The van der Waals surface area contributed by atoms with E-state index < -0.39 is 6.09 Å². The molecule has 3 fully saturated rings. The van der Waals surface area contributed by atoms with E-state index in [1.54, 1.807) is 16.9 Å². The second-order valence-corrected chi connectivity index (χ2v) is 7.67. The molecule has 6 heterocycles. The summed E-state index contributed by atoms with van der Waals surface area (Å²) in [7, 11) is 0. The van der Waals surface area contributed by atoms with Crippen LogP contribution in [0, 0.1) is 11.3 Å². The molecule has 0 radical (unpaired) electrons. The van der Waals surface area contributed by atoms with Gasteiger partial charge in [0.1, 0.15) is 24.2 Å². The van der Waals surface area contributed by atoms with Gasteiger partial charge in [0.15, 0.2) is 0 Å². The number of fused-ring (bicyclic) bond motifs is 3. The number of hydrogen-bond donors (Lipinski definition) is 2. The van der Waals surface area contributed by atoms with Crippen molar-refractivity contribution in [1.29, 1.82) is 5.26 Å². The SMILES string of the molecule is N#Cc1cnn2cc(OCCO)cc(-c3ccc(N4CC5CC(C4)N5C(=O)O)nc3)c12. The molecular weight excluding hydrogens is 400 g/mol. The third-order valence-corrected chi connectivity index (χ3v) is 5.86. The van der Waals surface area contributed by atoms with Crippen molar-refractivity contribution in [2.75, 3.05) is 31.2 Å². The zero-order valence-electron chi connectivity index (χ0n) is 16.5. The van der Waals surface area contributed by atoms with E-state index in [2.05, 4.69) is 21.1 Å². The van der Waals surface area contributed by atoms with Crippen molar-refractivity contribution < 1.29 is 19.7 Å². The van der Waals surface area contributed by atoms with Gasteiger partial charge in [0.05, 0.1) is 42.2 Å². The van der Waals surface area contributed by atoms with Gasteiger partial charge in [0.2, 0.25) is 0 Å². The Labute approximate surface area is 177 Å². The molecular formula is C21H20N6O4. The van der Waals surface area contributed by atoms with Gasteiger partial charge in [0.25, 0.3) is 0 Å². The molecule has 2 bridgehead atoms. The van der Waals surface area contributed by atoms with Crippen LogP contribution in [0.5, 0.6) is 5.75 Å². The number of aliphatic hydroxyl groups is 1. The highest BCUT2D eigenvalue weighted by atomic mass is 16.5.